The number of aromatic nitrogens is 3. The highest BCUT2D eigenvalue weighted by atomic mass is 35.5. The van der Waals surface area contributed by atoms with Gasteiger partial charge < -0.3 is 41.9 Å². The van der Waals surface area contributed by atoms with E-state index in [2.05, 4.69) is 38.2 Å². The van der Waals surface area contributed by atoms with E-state index in [0.29, 0.717) is 49.3 Å². The number of nitrogens with two attached hydrogens (primary N) is 1. The molecule has 1 aliphatic heterocycles. The van der Waals surface area contributed by atoms with Gasteiger partial charge in [0.1, 0.15) is 24.6 Å². The largest absolute Gasteiger partial charge is 0.480 e. The van der Waals surface area contributed by atoms with Gasteiger partial charge in [0.2, 0.25) is 23.6 Å². The molecular formula is C29H42ClN11O7. The van der Waals surface area contributed by atoms with Crippen molar-refractivity contribution in [2.75, 3.05) is 51.2 Å². The summed E-state index contributed by atoms with van der Waals surface area (Å²) in [5.41, 5.74) is 5.69. The van der Waals surface area contributed by atoms with E-state index >= 15 is 0 Å². The second kappa shape index (κ2) is 19.0. The molecule has 1 saturated heterocycles. The number of carboxylic acid groups (broad SMARTS) is 1. The number of rotatable bonds is 15. The van der Waals surface area contributed by atoms with Crippen LogP contribution in [-0.2, 0) is 24.0 Å². The van der Waals surface area contributed by atoms with Gasteiger partial charge in [-0.05, 0) is 44.2 Å². The maximum atomic E-state index is 12.9. The fourth-order valence-electron chi connectivity index (χ4n) is 5.22. The highest BCUT2D eigenvalue weighted by molar-refractivity contribution is 5.96. The van der Waals surface area contributed by atoms with Gasteiger partial charge in [-0.15, -0.1) is 12.4 Å². The molecule has 3 heterocycles. The number of carbonyl (C=O) groups excluding carboxylic acids is 5. The van der Waals surface area contributed by atoms with Crippen LogP contribution in [0.5, 0.6) is 0 Å². The summed E-state index contributed by atoms with van der Waals surface area (Å²) in [6.07, 6.45) is 4.71. The van der Waals surface area contributed by atoms with E-state index in [4.69, 9.17) is 11.0 Å². The van der Waals surface area contributed by atoms with Crippen LogP contribution in [0, 0.1) is 17.2 Å². The van der Waals surface area contributed by atoms with Crippen LogP contribution >= 0.6 is 12.4 Å². The van der Waals surface area contributed by atoms with Crippen molar-refractivity contribution in [2.24, 2.45) is 11.7 Å². The van der Waals surface area contributed by atoms with E-state index in [0.717, 1.165) is 6.42 Å². The lowest BCUT2D eigenvalue weighted by Gasteiger charge is -2.42. The molecule has 0 radical (unpaired) electrons. The number of nitrogens with zero attached hydrogens (tertiary/aromatic N) is 6. The minimum Gasteiger partial charge on any atom is -0.480 e. The Morgan fingerprint density at radius 1 is 1.08 bits per heavy atom. The van der Waals surface area contributed by atoms with Gasteiger partial charge in [-0.2, -0.15) is 5.26 Å². The highest BCUT2D eigenvalue weighted by Crippen LogP contribution is 2.29. The number of nitriles is 1. The second-order valence-electron chi connectivity index (χ2n) is 11.2. The Labute approximate surface area is 283 Å². The van der Waals surface area contributed by atoms with Crippen LogP contribution < -0.4 is 31.9 Å². The van der Waals surface area contributed by atoms with Crippen LogP contribution in [0.3, 0.4) is 0 Å². The van der Waals surface area contributed by atoms with Crippen LogP contribution in [0.15, 0.2) is 18.6 Å². The predicted octanol–water partition coefficient (Wildman–Crippen LogP) is -1.07. The Kier molecular flexibility index (Phi) is 15.5. The standard InChI is InChI=1S/C29H41N11O7.ClH/c1-18-7-11-39(25(44)6-10-31)16-21(18)38(2)26-19-8-12-40(27(19)36-17-35-26)29(47)34-14-23(42)32-13-22(41)33-15-24(43)37-20(28(45)46)5-3-4-9-30;/h8,12,17-18,20-21H,3-7,9,11,13-16,30H2,1-2H3,(H,32,42)(H,33,41)(H,34,47)(H,37,43)(H,45,46);1H/t18-,20-,21+;/m1./s1. The number of aliphatic carboxylic acids is 1. The first kappa shape index (κ1) is 39.2. The number of nitrogens with one attached hydrogen (secondary N) is 4. The molecule has 1 fully saturated rings. The second-order valence-corrected chi connectivity index (χ2v) is 11.2. The zero-order valence-electron chi connectivity index (χ0n) is 26.8. The molecule has 3 atom stereocenters. The number of carbonyl (C=O) groups is 6. The molecule has 262 valence electrons. The summed E-state index contributed by atoms with van der Waals surface area (Å²) >= 11 is 0. The van der Waals surface area contributed by atoms with E-state index < -0.39 is 55.4 Å². The lowest BCUT2D eigenvalue weighted by Crippen LogP contribution is -2.52. The third-order valence-corrected chi connectivity index (χ3v) is 7.88. The number of fused-ring (bicyclic) bond motifs is 1. The van der Waals surface area contributed by atoms with Crippen molar-refractivity contribution in [1.29, 1.82) is 5.26 Å². The van der Waals surface area contributed by atoms with E-state index in [1.54, 1.807) is 11.0 Å². The first-order valence-electron chi connectivity index (χ1n) is 15.2. The summed E-state index contributed by atoms with van der Waals surface area (Å²) in [7, 11) is 1.85. The molecule has 0 unspecified atom stereocenters. The molecule has 0 bridgehead atoms. The molecule has 2 aromatic rings. The maximum Gasteiger partial charge on any atom is 0.327 e. The zero-order valence-corrected chi connectivity index (χ0v) is 27.6. The van der Waals surface area contributed by atoms with Crippen LogP contribution in [0.4, 0.5) is 10.6 Å². The summed E-state index contributed by atoms with van der Waals surface area (Å²) in [6, 6.07) is 1.72. The topological polar surface area (TPSA) is 258 Å². The number of amides is 5. The Balaban J connectivity index is 0.00000800. The summed E-state index contributed by atoms with van der Waals surface area (Å²) in [4.78, 5) is 85.3. The van der Waals surface area contributed by atoms with Crippen molar-refractivity contribution >= 4 is 64.9 Å². The maximum absolute atomic E-state index is 12.9. The van der Waals surface area contributed by atoms with Gasteiger partial charge in [0, 0.05) is 26.3 Å². The minimum absolute atomic E-state index is 0. The number of likely N-dealkylation sites (N-methyl/N-ethyl adjacent to an activating group) is 1. The van der Waals surface area contributed by atoms with Crippen LogP contribution in [0.25, 0.3) is 11.0 Å². The average Bonchev–Trinajstić information content (AvgIpc) is 3.49. The first-order valence-corrected chi connectivity index (χ1v) is 15.2. The van der Waals surface area contributed by atoms with E-state index in [1.807, 2.05) is 18.0 Å². The fraction of sp³-hybridized carbons (Fsp3) is 0.552. The van der Waals surface area contributed by atoms with Crippen molar-refractivity contribution in [2.45, 2.75) is 51.1 Å². The van der Waals surface area contributed by atoms with E-state index in [1.165, 1.54) is 17.1 Å². The predicted molar refractivity (Wildman–Crippen MR) is 175 cm³/mol. The molecule has 0 saturated carbocycles. The van der Waals surface area contributed by atoms with Crippen LogP contribution in [-0.4, -0.2) is 119 Å². The SMILES string of the molecule is C[C@@H]1CCN(C(=O)CC#N)C[C@@H]1N(C)c1ncnc2c1ccn2C(=O)NCC(=O)NCC(=O)NCC(=O)N[C@H](CCCCN)C(=O)O.Cl. The summed E-state index contributed by atoms with van der Waals surface area (Å²) < 4.78 is 1.22. The van der Waals surface area contributed by atoms with Crippen molar-refractivity contribution in [3.05, 3.63) is 18.6 Å². The quantitative estimate of drug-likeness (QED) is 0.122. The monoisotopic (exact) mass is 691 g/mol. The Morgan fingerprint density at radius 3 is 2.40 bits per heavy atom. The normalized spacial score (nSPS) is 16.1. The fourth-order valence-corrected chi connectivity index (χ4v) is 5.22. The van der Waals surface area contributed by atoms with Crippen molar-refractivity contribution in [3.63, 3.8) is 0 Å². The molecule has 7 N–H and O–H groups in total. The van der Waals surface area contributed by atoms with Gasteiger partial charge in [-0.3, -0.25) is 23.7 Å². The van der Waals surface area contributed by atoms with Crippen molar-refractivity contribution < 1.29 is 33.9 Å². The molecule has 1 aliphatic rings. The third kappa shape index (κ3) is 10.8. The molecule has 0 spiro atoms. The molecule has 3 rings (SSSR count). The number of unbranched alkanes of at least 4 members (excludes halogenated alkanes) is 1. The summed E-state index contributed by atoms with van der Waals surface area (Å²) in [6.45, 7) is 2.06. The number of anilines is 1. The Bertz CT molecular complexity index is 1510. The van der Waals surface area contributed by atoms with Crippen molar-refractivity contribution in [3.8, 4) is 6.07 Å². The summed E-state index contributed by atoms with van der Waals surface area (Å²) in [5, 5.41) is 28.1. The molecule has 0 aliphatic carbocycles. The lowest BCUT2D eigenvalue weighted by atomic mass is 9.92. The smallest absolute Gasteiger partial charge is 0.327 e. The van der Waals surface area contributed by atoms with Crippen molar-refractivity contribution in [1.82, 2.24) is 40.7 Å². The zero-order chi connectivity index (χ0) is 34.5. The van der Waals surface area contributed by atoms with Gasteiger partial charge in [-0.1, -0.05) is 6.92 Å². The molecular weight excluding hydrogens is 650 g/mol. The van der Waals surface area contributed by atoms with Gasteiger partial charge in [0.05, 0.1) is 37.1 Å². The number of halogens is 1. The molecule has 48 heavy (non-hydrogen) atoms. The number of hydrogen-bond acceptors (Lipinski definition) is 11. The molecule has 18 nitrogen and oxygen atoms in total. The van der Waals surface area contributed by atoms with E-state index in [9.17, 15) is 33.9 Å². The van der Waals surface area contributed by atoms with E-state index in [-0.39, 0.29) is 43.1 Å². The molecule has 2 aromatic heterocycles. The number of carboxylic acids is 1. The molecule has 19 heteroatoms. The number of hydrogen-bond donors (Lipinski definition) is 6. The first-order chi connectivity index (χ1) is 22.5. The number of piperidine rings is 1. The Hall–Kier alpha value is -5.02. The highest BCUT2D eigenvalue weighted by Gasteiger charge is 2.33. The van der Waals surface area contributed by atoms with Gasteiger partial charge >= 0.3 is 12.0 Å². The lowest BCUT2D eigenvalue weighted by molar-refractivity contribution is -0.142. The van der Waals surface area contributed by atoms with Gasteiger partial charge in [0.25, 0.3) is 0 Å². The third-order valence-electron chi connectivity index (χ3n) is 7.88. The minimum atomic E-state index is -1.20. The molecule has 0 aromatic carbocycles. The van der Waals surface area contributed by atoms with Crippen LogP contribution in [0.2, 0.25) is 0 Å². The average molecular weight is 692 g/mol. The van der Waals surface area contributed by atoms with Gasteiger partial charge in [0.15, 0.2) is 5.65 Å². The van der Waals surface area contributed by atoms with Gasteiger partial charge in [-0.25, -0.2) is 19.6 Å². The van der Waals surface area contributed by atoms with Crippen LogP contribution in [0.1, 0.15) is 39.0 Å². The Morgan fingerprint density at radius 2 is 1.75 bits per heavy atom. The summed E-state index contributed by atoms with van der Waals surface area (Å²) in [5.74, 6) is -2.70. The number of likely N-dealkylation sites (tertiary alicyclic amines) is 1. The molecule has 5 amide bonds.